The quantitative estimate of drug-likeness (QED) is 0.774. The first-order valence-electron chi connectivity index (χ1n) is 6.22. The summed E-state index contributed by atoms with van der Waals surface area (Å²) < 4.78 is 5.56. The van der Waals surface area contributed by atoms with Crippen LogP contribution in [0.1, 0.15) is 41.0 Å². The molecule has 2 nitrogen and oxygen atoms in total. The van der Waals surface area contributed by atoms with Crippen LogP contribution in [0.25, 0.3) is 0 Å². The van der Waals surface area contributed by atoms with Gasteiger partial charge in [0.05, 0.1) is 6.10 Å². The van der Waals surface area contributed by atoms with Gasteiger partial charge in [0.15, 0.2) is 0 Å². The summed E-state index contributed by atoms with van der Waals surface area (Å²) in [4.78, 5) is 0. The van der Waals surface area contributed by atoms with Gasteiger partial charge in [-0.2, -0.15) is 0 Å². The highest BCUT2D eigenvalue weighted by atomic mass is 16.5. The lowest BCUT2D eigenvalue weighted by molar-refractivity contribution is 0.112. The molecular formula is C13H25NO. The second-order valence-electron chi connectivity index (χ2n) is 6.38. The van der Waals surface area contributed by atoms with Gasteiger partial charge in [0.2, 0.25) is 0 Å². The summed E-state index contributed by atoms with van der Waals surface area (Å²) in [6.45, 7) is 13.8. The van der Waals surface area contributed by atoms with Crippen LogP contribution >= 0.6 is 0 Å². The van der Waals surface area contributed by atoms with Crippen LogP contribution in [0.15, 0.2) is 0 Å². The summed E-state index contributed by atoms with van der Waals surface area (Å²) in [6, 6.07) is 0.581. The van der Waals surface area contributed by atoms with E-state index < -0.39 is 0 Å². The summed E-state index contributed by atoms with van der Waals surface area (Å²) in [7, 11) is 0. The summed E-state index contributed by atoms with van der Waals surface area (Å²) in [5.74, 6) is 0.817. The van der Waals surface area contributed by atoms with Crippen LogP contribution < -0.4 is 5.32 Å². The van der Waals surface area contributed by atoms with Crippen molar-refractivity contribution in [3.63, 3.8) is 0 Å². The zero-order chi connectivity index (χ0) is 11.3. The normalized spacial score (nSPS) is 38.2. The molecule has 2 rings (SSSR count). The van der Waals surface area contributed by atoms with Crippen molar-refractivity contribution in [2.45, 2.75) is 53.2 Å². The minimum Gasteiger partial charge on any atom is -0.377 e. The molecule has 1 aliphatic heterocycles. The predicted molar refractivity (Wildman–Crippen MR) is 62.9 cm³/mol. The molecule has 2 heteroatoms. The molecule has 0 amide bonds. The molecular weight excluding hydrogens is 186 g/mol. The zero-order valence-electron chi connectivity index (χ0n) is 10.8. The Labute approximate surface area is 93.8 Å². The predicted octanol–water partition coefficient (Wildman–Crippen LogP) is 2.44. The average molecular weight is 211 g/mol. The van der Waals surface area contributed by atoms with Gasteiger partial charge in [-0.1, -0.05) is 27.7 Å². The number of nitrogens with one attached hydrogen (secondary N) is 1. The van der Waals surface area contributed by atoms with Crippen LogP contribution in [0, 0.1) is 16.7 Å². The highest BCUT2D eigenvalue weighted by Crippen LogP contribution is 2.67. The third kappa shape index (κ3) is 1.72. The molecule has 0 bridgehead atoms. The van der Waals surface area contributed by atoms with Crippen LogP contribution in [0.2, 0.25) is 0 Å². The molecule has 1 saturated heterocycles. The Morgan fingerprint density at radius 3 is 2.20 bits per heavy atom. The minimum absolute atomic E-state index is 0.398. The van der Waals surface area contributed by atoms with Crippen LogP contribution in [-0.2, 0) is 4.74 Å². The van der Waals surface area contributed by atoms with E-state index >= 15 is 0 Å². The number of hydrogen-bond donors (Lipinski definition) is 1. The molecule has 2 atom stereocenters. The van der Waals surface area contributed by atoms with Gasteiger partial charge >= 0.3 is 0 Å². The first-order chi connectivity index (χ1) is 6.87. The fourth-order valence-electron chi connectivity index (χ4n) is 3.11. The van der Waals surface area contributed by atoms with E-state index in [1.54, 1.807) is 0 Å². The Morgan fingerprint density at radius 2 is 1.80 bits per heavy atom. The lowest BCUT2D eigenvalue weighted by atomic mass is 10.0. The average Bonchev–Trinajstić information content (AvgIpc) is 2.49. The molecule has 88 valence electrons. The van der Waals surface area contributed by atoms with Crippen LogP contribution in [0.3, 0.4) is 0 Å². The maximum atomic E-state index is 5.56. The van der Waals surface area contributed by atoms with E-state index in [1.807, 2.05) is 0 Å². The molecule has 15 heavy (non-hydrogen) atoms. The van der Waals surface area contributed by atoms with Crippen molar-refractivity contribution in [1.82, 2.24) is 5.32 Å². The summed E-state index contributed by atoms with van der Waals surface area (Å²) >= 11 is 0. The van der Waals surface area contributed by atoms with E-state index in [0.29, 0.717) is 23.0 Å². The lowest BCUT2D eigenvalue weighted by Crippen LogP contribution is -2.36. The van der Waals surface area contributed by atoms with Gasteiger partial charge in [-0.05, 0) is 36.6 Å². The second kappa shape index (κ2) is 3.46. The summed E-state index contributed by atoms with van der Waals surface area (Å²) in [5.41, 5.74) is 1.01. The van der Waals surface area contributed by atoms with E-state index in [0.717, 1.165) is 19.1 Å². The molecule has 1 heterocycles. The van der Waals surface area contributed by atoms with Crippen molar-refractivity contribution in [1.29, 1.82) is 0 Å². The zero-order valence-corrected chi connectivity index (χ0v) is 10.8. The van der Waals surface area contributed by atoms with Crippen molar-refractivity contribution in [2.75, 3.05) is 13.2 Å². The van der Waals surface area contributed by atoms with E-state index in [1.165, 1.54) is 6.42 Å². The number of ether oxygens (including phenoxy) is 1. The standard InChI is InChI=1S/C13H25NO/c1-9-10(6-7-15-9)14-8-11-12(2,3)13(11,4)5/h9-11,14H,6-8H2,1-5H3. The third-order valence-corrected chi connectivity index (χ3v) is 5.28. The number of hydrogen-bond acceptors (Lipinski definition) is 2. The molecule has 0 radical (unpaired) electrons. The first kappa shape index (κ1) is 11.4. The van der Waals surface area contributed by atoms with Crippen LogP contribution in [-0.4, -0.2) is 25.3 Å². The molecule has 2 unspecified atom stereocenters. The molecule has 2 aliphatic rings. The van der Waals surface area contributed by atoms with Gasteiger partial charge in [-0.15, -0.1) is 0 Å². The largest absolute Gasteiger partial charge is 0.377 e. The maximum absolute atomic E-state index is 5.56. The fourth-order valence-corrected chi connectivity index (χ4v) is 3.11. The Hall–Kier alpha value is -0.0800. The van der Waals surface area contributed by atoms with Gasteiger partial charge in [0.1, 0.15) is 0 Å². The highest BCUT2D eigenvalue weighted by molar-refractivity contribution is 5.13. The van der Waals surface area contributed by atoms with Crippen LogP contribution in [0.4, 0.5) is 0 Å². The van der Waals surface area contributed by atoms with Crippen molar-refractivity contribution in [2.24, 2.45) is 16.7 Å². The van der Waals surface area contributed by atoms with Gasteiger partial charge in [0.25, 0.3) is 0 Å². The van der Waals surface area contributed by atoms with Crippen molar-refractivity contribution in [3.05, 3.63) is 0 Å². The van der Waals surface area contributed by atoms with Gasteiger partial charge in [-0.25, -0.2) is 0 Å². The van der Waals surface area contributed by atoms with E-state index in [2.05, 4.69) is 39.9 Å². The molecule has 0 aromatic heterocycles. The molecule has 0 aromatic carbocycles. The van der Waals surface area contributed by atoms with Gasteiger partial charge in [0, 0.05) is 12.6 Å². The topological polar surface area (TPSA) is 21.3 Å². The monoisotopic (exact) mass is 211 g/mol. The molecule has 1 aliphatic carbocycles. The minimum atomic E-state index is 0.398. The van der Waals surface area contributed by atoms with Crippen molar-refractivity contribution < 1.29 is 4.74 Å². The molecule has 0 spiro atoms. The lowest BCUT2D eigenvalue weighted by Gasteiger charge is -2.16. The first-order valence-corrected chi connectivity index (χ1v) is 6.22. The van der Waals surface area contributed by atoms with E-state index in [9.17, 15) is 0 Å². The van der Waals surface area contributed by atoms with Crippen LogP contribution in [0.5, 0.6) is 0 Å². The summed E-state index contributed by atoms with van der Waals surface area (Å²) in [5, 5.41) is 3.68. The Kier molecular flexibility index (Phi) is 2.63. The Morgan fingerprint density at radius 1 is 1.20 bits per heavy atom. The smallest absolute Gasteiger partial charge is 0.0700 e. The fraction of sp³-hybridized carbons (Fsp3) is 1.00. The van der Waals surface area contributed by atoms with Gasteiger partial charge < -0.3 is 10.1 Å². The maximum Gasteiger partial charge on any atom is 0.0700 e. The highest BCUT2D eigenvalue weighted by Gasteiger charge is 2.63. The number of rotatable bonds is 3. The van der Waals surface area contributed by atoms with Crippen molar-refractivity contribution in [3.8, 4) is 0 Å². The third-order valence-electron chi connectivity index (χ3n) is 5.28. The van der Waals surface area contributed by atoms with Gasteiger partial charge in [-0.3, -0.25) is 0 Å². The molecule has 1 saturated carbocycles. The van der Waals surface area contributed by atoms with E-state index in [4.69, 9.17) is 4.74 Å². The molecule has 2 fully saturated rings. The van der Waals surface area contributed by atoms with Crippen molar-refractivity contribution >= 4 is 0 Å². The summed E-state index contributed by atoms with van der Waals surface area (Å²) in [6.07, 6.45) is 1.57. The second-order valence-corrected chi connectivity index (χ2v) is 6.38. The SMILES string of the molecule is CC1OCCC1NCC1C(C)(C)C1(C)C. The molecule has 0 aromatic rings. The Bertz CT molecular complexity index is 233. The molecule has 1 N–H and O–H groups in total. The van der Waals surface area contributed by atoms with E-state index in [-0.39, 0.29) is 0 Å². The Balaban J connectivity index is 1.81.